The van der Waals surface area contributed by atoms with Crippen LogP contribution in [0.3, 0.4) is 0 Å². The van der Waals surface area contributed by atoms with Gasteiger partial charge in [0.1, 0.15) is 5.52 Å². The number of pyridine rings is 1. The molecule has 2 heterocycles. The van der Waals surface area contributed by atoms with Gasteiger partial charge in [-0.3, -0.25) is 4.98 Å². The Morgan fingerprint density at radius 3 is 3.17 bits per heavy atom. The zero-order valence-electron chi connectivity index (χ0n) is 6.87. The first-order valence-electron chi connectivity index (χ1n) is 3.94. The summed E-state index contributed by atoms with van der Waals surface area (Å²) in [7, 11) is 0. The van der Waals surface area contributed by atoms with E-state index in [4.69, 9.17) is 10.2 Å². The van der Waals surface area contributed by atoms with Gasteiger partial charge in [0.05, 0.1) is 0 Å². The van der Waals surface area contributed by atoms with Crippen LogP contribution in [0.25, 0.3) is 11.1 Å². The van der Waals surface area contributed by atoms with Crippen LogP contribution >= 0.6 is 0 Å². The summed E-state index contributed by atoms with van der Waals surface area (Å²) in [6.45, 7) is 2.08. The van der Waals surface area contributed by atoms with E-state index in [1.54, 1.807) is 12.3 Å². The third-order valence-corrected chi connectivity index (χ3v) is 1.89. The Labute approximate surface area is 70.2 Å². The molecule has 0 atom stereocenters. The maximum Gasteiger partial charge on any atom is 0.193 e. The van der Waals surface area contributed by atoms with Crippen LogP contribution in [0.5, 0.6) is 0 Å². The molecule has 3 nitrogen and oxygen atoms in total. The van der Waals surface area contributed by atoms with Crippen LogP contribution in [-0.2, 0) is 6.42 Å². The second kappa shape index (κ2) is 2.52. The monoisotopic (exact) mass is 162 g/mol. The lowest BCUT2D eigenvalue weighted by molar-refractivity contribution is 0.632. The molecular formula is C9H10N2O. The van der Waals surface area contributed by atoms with Gasteiger partial charge in [0.2, 0.25) is 0 Å². The summed E-state index contributed by atoms with van der Waals surface area (Å²) in [5.41, 5.74) is 8.31. The summed E-state index contributed by atoms with van der Waals surface area (Å²) in [5.74, 6) is 0.429. The predicted molar refractivity (Wildman–Crippen MR) is 47.8 cm³/mol. The molecule has 3 heteroatoms. The number of anilines is 1. The van der Waals surface area contributed by atoms with Crippen molar-refractivity contribution < 1.29 is 4.42 Å². The van der Waals surface area contributed by atoms with Crippen LogP contribution in [0.4, 0.5) is 5.88 Å². The zero-order valence-corrected chi connectivity index (χ0v) is 6.87. The van der Waals surface area contributed by atoms with Gasteiger partial charge in [-0.15, -0.1) is 0 Å². The van der Waals surface area contributed by atoms with Crippen LogP contribution in [-0.4, -0.2) is 4.98 Å². The lowest BCUT2D eigenvalue weighted by Gasteiger charge is -1.94. The van der Waals surface area contributed by atoms with E-state index in [0.29, 0.717) is 5.88 Å². The molecule has 0 bridgehead atoms. The lowest BCUT2D eigenvalue weighted by atomic mass is 10.2. The largest absolute Gasteiger partial charge is 0.439 e. The van der Waals surface area contributed by atoms with Crippen LogP contribution in [0, 0.1) is 0 Å². The van der Waals surface area contributed by atoms with Crippen molar-refractivity contribution in [1.29, 1.82) is 0 Å². The molecule has 2 aromatic heterocycles. The van der Waals surface area contributed by atoms with Crippen molar-refractivity contribution in [2.45, 2.75) is 13.3 Å². The smallest absolute Gasteiger partial charge is 0.193 e. The van der Waals surface area contributed by atoms with Crippen LogP contribution in [0.1, 0.15) is 12.5 Å². The van der Waals surface area contributed by atoms with Gasteiger partial charge < -0.3 is 10.2 Å². The van der Waals surface area contributed by atoms with Crippen molar-refractivity contribution in [1.82, 2.24) is 4.98 Å². The Morgan fingerprint density at radius 1 is 1.58 bits per heavy atom. The van der Waals surface area contributed by atoms with Gasteiger partial charge >= 0.3 is 0 Å². The summed E-state index contributed by atoms with van der Waals surface area (Å²) in [5, 5.41) is 0. The number of nitrogens with two attached hydrogens (primary N) is 1. The number of nitrogens with zero attached hydrogens (tertiary/aromatic N) is 1. The van der Waals surface area contributed by atoms with E-state index >= 15 is 0 Å². The molecule has 0 aliphatic heterocycles. The van der Waals surface area contributed by atoms with Crippen molar-refractivity contribution in [3.8, 4) is 0 Å². The van der Waals surface area contributed by atoms with Crippen LogP contribution < -0.4 is 5.73 Å². The maximum absolute atomic E-state index is 5.51. The fourth-order valence-electron chi connectivity index (χ4n) is 1.29. The van der Waals surface area contributed by atoms with Crippen molar-refractivity contribution in [2.24, 2.45) is 0 Å². The first-order chi connectivity index (χ1) is 5.81. The Hall–Kier alpha value is -1.51. The van der Waals surface area contributed by atoms with Gasteiger partial charge in [-0.05, 0) is 18.1 Å². The number of aryl methyl sites for hydroxylation is 1. The van der Waals surface area contributed by atoms with Gasteiger partial charge in [0, 0.05) is 12.3 Å². The molecule has 62 valence electrons. The van der Waals surface area contributed by atoms with E-state index in [9.17, 15) is 0 Å². The SMILES string of the molecule is CCc1ccnc2cc(N)oc12. The van der Waals surface area contributed by atoms with E-state index in [-0.39, 0.29) is 0 Å². The van der Waals surface area contributed by atoms with Gasteiger partial charge in [0.15, 0.2) is 11.5 Å². The number of hydrogen-bond donors (Lipinski definition) is 1. The van der Waals surface area contributed by atoms with Crippen molar-refractivity contribution in [3.05, 3.63) is 23.9 Å². The average Bonchev–Trinajstić information content (AvgIpc) is 2.44. The highest BCUT2D eigenvalue weighted by Crippen LogP contribution is 2.22. The molecule has 0 fully saturated rings. The van der Waals surface area contributed by atoms with Crippen molar-refractivity contribution in [3.63, 3.8) is 0 Å². The summed E-state index contributed by atoms with van der Waals surface area (Å²) in [4.78, 5) is 4.14. The Bertz CT molecular complexity index is 406. The van der Waals surface area contributed by atoms with Gasteiger partial charge in [-0.2, -0.15) is 0 Å². The molecule has 2 rings (SSSR count). The summed E-state index contributed by atoms with van der Waals surface area (Å²) in [6, 6.07) is 3.69. The van der Waals surface area contributed by atoms with E-state index in [2.05, 4.69) is 11.9 Å². The first kappa shape index (κ1) is 7.16. The third kappa shape index (κ3) is 0.942. The fourth-order valence-corrected chi connectivity index (χ4v) is 1.29. The second-order valence-corrected chi connectivity index (χ2v) is 2.69. The average molecular weight is 162 g/mol. The van der Waals surface area contributed by atoms with Crippen LogP contribution in [0.15, 0.2) is 22.7 Å². The van der Waals surface area contributed by atoms with E-state index < -0.39 is 0 Å². The van der Waals surface area contributed by atoms with E-state index in [1.807, 2.05) is 6.07 Å². The molecule has 0 aliphatic carbocycles. The minimum atomic E-state index is 0.429. The minimum Gasteiger partial charge on any atom is -0.439 e. The number of furan rings is 1. The van der Waals surface area contributed by atoms with Gasteiger partial charge in [-0.1, -0.05) is 6.92 Å². The lowest BCUT2D eigenvalue weighted by Crippen LogP contribution is -1.81. The molecule has 0 saturated heterocycles. The fraction of sp³-hybridized carbons (Fsp3) is 0.222. The zero-order chi connectivity index (χ0) is 8.55. The van der Waals surface area contributed by atoms with Crippen molar-refractivity contribution in [2.75, 3.05) is 5.73 Å². The number of aromatic nitrogens is 1. The highest BCUT2D eigenvalue weighted by molar-refractivity contribution is 5.79. The molecule has 0 saturated carbocycles. The van der Waals surface area contributed by atoms with E-state index in [0.717, 1.165) is 23.1 Å². The molecule has 2 N–H and O–H groups in total. The van der Waals surface area contributed by atoms with Gasteiger partial charge in [0.25, 0.3) is 0 Å². The maximum atomic E-state index is 5.51. The molecule has 0 aromatic carbocycles. The Morgan fingerprint density at radius 2 is 2.42 bits per heavy atom. The molecule has 0 aliphatic rings. The normalized spacial score (nSPS) is 10.8. The summed E-state index contributed by atoms with van der Waals surface area (Å²) in [6.07, 6.45) is 2.71. The Balaban J connectivity index is 2.78. The number of hydrogen-bond acceptors (Lipinski definition) is 3. The van der Waals surface area contributed by atoms with Gasteiger partial charge in [-0.25, -0.2) is 0 Å². The van der Waals surface area contributed by atoms with Crippen molar-refractivity contribution >= 4 is 17.0 Å². The molecule has 12 heavy (non-hydrogen) atoms. The topological polar surface area (TPSA) is 52.0 Å². The van der Waals surface area contributed by atoms with Crippen LogP contribution in [0.2, 0.25) is 0 Å². The molecule has 0 amide bonds. The molecule has 0 spiro atoms. The standard InChI is InChI=1S/C9H10N2O/c1-2-6-3-4-11-7-5-8(10)12-9(6)7/h3-5H,2,10H2,1H3. The van der Waals surface area contributed by atoms with E-state index in [1.165, 1.54) is 0 Å². The quantitative estimate of drug-likeness (QED) is 0.697. The highest BCUT2D eigenvalue weighted by Gasteiger charge is 2.04. The molecule has 0 unspecified atom stereocenters. The summed E-state index contributed by atoms with van der Waals surface area (Å²) >= 11 is 0. The third-order valence-electron chi connectivity index (χ3n) is 1.89. The first-order valence-corrected chi connectivity index (χ1v) is 3.94. The predicted octanol–water partition coefficient (Wildman–Crippen LogP) is 1.97. The molecule has 0 radical (unpaired) electrons. The Kier molecular flexibility index (Phi) is 1.50. The number of fused-ring (bicyclic) bond motifs is 1. The molecular weight excluding hydrogens is 152 g/mol. The number of nitrogen functional groups attached to an aromatic ring is 1. The highest BCUT2D eigenvalue weighted by atomic mass is 16.3. The second-order valence-electron chi connectivity index (χ2n) is 2.69. The minimum absolute atomic E-state index is 0.429. The number of rotatable bonds is 1. The summed E-state index contributed by atoms with van der Waals surface area (Å²) < 4.78 is 5.31. The molecule has 2 aromatic rings.